The monoisotopic (exact) mass is 274 g/mol. The van der Waals surface area contributed by atoms with Crippen molar-refractivity contribution in [2.24, 2.45) is 0 Å². The highest BCUT2D eigenvalue weighted by molar-refractivity contribution is 6.33. The Hall–Kier alpha value is -1.66. The summed E-state index contributed by atoms with van der Waals surface area (Å²) >= 11 is 5.75. The molecule has 0 aromatic heterocycles. The molecule has 0 saturated carbocycles. The Kier molecular flexibility index (Phi) is 5.54. The van der Waals surface area contributed by atoms with Crippen molar-refractivity contribution in [3.05, 3.63) is 29.0 Å². The minimum Gasteiger partial charge on any atom is -0.354 e. The molecular formula is C11H14ClFN3O2+. The Morgan fingerprint density at radius 2 is 2.00 bits per heavy atom. The molecule has 1 aromatic rings. The maximum absolute atomic E-state index is 12.8. The first kappa shape index (κ1) is 14.4. The first-order chi connectivity index (χ1) is 8.52. The van der Waals surface area contributed by atoms with Crippen molar-refractivity contribution in [2.75, 3.05) is 25.5 Å². The zero-order valence-electron chi connectivity index (χ0n) is 9.80. The van der Waals surface area contributed by atoms with Crippen LogP contribution in [-0.2, 0) is 9.59 Å². The number of carbonyl (C=O) groups excluding carboxylic acids is 2. The SMILES string of the molecule is CNC(=O)C[NH2+]CC(=O)Nc1ccc(F)cc1Cl. The van der Waals surface area contributed by atoms with Crippen molar-refractivity contribution in [3.8, 4) is 0 Å². The third-order valence-electron chi connectivity index (χ3n) is 2.14. The van der Waals surface area contributed by atoms with Crippen LogP contribution in [0.3, 0.4) is 0 Å². The van der Waals surface area contributed by atoms with E-state index in [1.807, 2.05) is 0 Å². The molecule has 0 heterocycles. The van der Waals surface area contributed by atoms with Gasteiger partial charge in [0, 0.05) is 7.05 Å². The van der Waals surface area contributed by atoms with Crippen LogP contribution in [0.5, 0.6) is 0 Å². The van der Waals surface area contributed by atoms with Gasteiger partial charge in [0.2, 0.25) is 0 Å². The number of nitrogens with two attached hydrogens (primary N) is 1. The Labute approximate surface area is 109 Å². The third kappa shape index (κ3) is 4.68. The number of likely N-dealkylation sites (N-methyl/N-ethyl adjacent to an activating group) is 1. The van der Waals surface area contributed by atoms with E-state index >= 15 is 0 Å². The highest BCUT2D eigenvalue weighted by atomic mass is 35.5. The average molecular weight is 275 g/mol. The maximum Gasteiger partial charge on any atom is 0.279 e. The van der Waals surface area contributed by atoms with Gasteiger partial charge >= 0.3 is 0 Å². The molecule has 98 valence electrons. The standard InChI is InChI=1S/C11H13ClFN3O2/c1-14-10(17)5-15-6-11(18)16-9-3-2-7(13)4-8(9)12/h2-4,15H,5-6H2,1H3,(H,14,17)(H,16,18)/p+1. The molecule has 2 amide bonds. The fourth-order valence-electron chi connectivity index (χ4n) is 1.23. The van der Waals surface area contributed by atoms with Gasteiger partial charge in [0.05, 0.1) is 10.7 Å². The van der Waals surface area contributed by atoms with Crippen molar-refractivity contribution in [3.63, 3.8) is 0 Å². The lowest BCUT2D eigenvalue weighted by Crippen LogP contribution is -2.88. The molecule has 0 spiro atoms. The van der Waals surface area contributed by atoms with Crippen LogP contribution < -0.4 is 16.0 Å². The minimum atomic E-state index is -0.468. The molecule has 1 rings (SSSR count). The molecule has 0 atom stereocenters. The number of nitrogens with one attached hydrogen (secondary N) is 2. The van der Waals surface area contributed by atoms with Gasteiger partial charge in [0.25, 0.3) is 11.8 Å². The normalized spacial score (nSPS) is 9.94. The van der Waals surface area contributed by atoms with Crippen molar-refractivity contribution in [2.45, 2.75) is 0 Å². The molecule has 5 nitrogen and oxygen atoms in total. The van der Waals surface area contributed by atoms with Crippen LogP contribution in [0.15, 0.2) is 18.2 Å². The summed E-state index contributed by atoms with van der Waals surface area (Å²) in [6.07, 6.45) is 0. The summed E-state index contributed by atoms with van der Waals surface area (Å²) in [4.78, 5) is 22.4. The molecule has 1 aromatic carbocycles. The minimum absolute atomic E-state index is 0.0844. The molecule has 7 heteroatoms. The van der Waals surface area contributed by atoms with Gasteiger partial charge in [0.15, 0.2) is 13.1 Å². The van der Waals surface area contributed by atoms with Gasteiger partial charge < -0.3 is 16.0 Å². The summed E-state index contributed by atoms with van der Waals surface area (Å²) in [6.45, 7) is 0.252. The lowest BCUT2D eigenvalue weighted by atomic mass is 10.3. The largest absolute Gasteiger partial charge is 0.354 e. The molecule has 0 aliphatic carbocycles. The van der Waals surface area contributed by atoms with Crippen molar-refractivity contribution in [1.82, 2.24) is 5.32 Å². The van der Waals surface area contributed by atoms with E-state index in [1.54, 1.807) is 5.32 Å². The zero-order valence-corrected chi connectivity index (χ0v) is 10.6. The Morgan fingerprint density at radius 1 is 1.33 bits per heavy atom. The second-order valence-electron chi connectivity index (χ2n) is 3.54. The molecule has 0 aliphatic rings. The number of rotatable bonds is 5. The summed E-state index contributed by atoms with van der Waals surface area (Å²) in [5, 5.41) is 6.65. The Bertz CT molecular complexity index is 454. The van der Waals surface area contributed by atoms with Crippen LogP contribution in [0.25, 0.3) is 0 Å². The second-order valence-corrected chi connectivity index (χ2v) is 3.95. The van der Waals surface area contributed by atoms with E-state index in [1.165, 1.54) is 19.2 Å². The van der Waals surface area contributed by atoms with E-state index in [4.69, 9.17) is 11.6 Å². The topological polar surface area (TPSA) is 74.8 Å². The number of halogens is 2. The number of benzene rings is 1. The van der Waals surface area contributed by atoms with E-state index < -0.39 is 5.82 Å². The third-order valence-corrected chi connectivity index (χ3v) is 2.46. The molecule has 0 aliphatic heterocycles. The number of hydrogen-bond donors (Lipinski definition) is 3. The number of amides is 2. The van der Waals surface area contributed by atoms with Crippen LogP contribution in [0, 0.1) is 5.82 Å². The molecular weight excluding hydrogens is 261 g/mol. The van der Waals surface area contributed by atoms with Crippen LogP contribution in [-0.4, -0.2) is 32.0 Å². The lowest BCUT2D eigenvalue weighted by molar-refractivity contribution is -0.632. The fourth-order valence-corrected chi connectivity index (χ4v) is 1.44. The molecule has 4 N–H and O–H groups in total. The summed E-state index contributed by atoms with van der Waals surface area (Å²) in [6, 6.07) is 3.70. The van der Waals surface area contributed by atoms with E-state index in [9.17, 15) is 14.0 Å². The van der Waals surface area contributed by atoms with Crippen LogP contribution in [0.4, 0.5) is 10.1 Å². The van der Waals surface area contributed by atoms with E-state index in [0.717, 1.165) is 6.07 Å². The smallest absolute Gasteiger partial charge is 0.279 e. The van der Waals surface area contributed by atoms with Gasteiger partial charge in [-0.1, -0.05) is 11.6 Å². The number of hydrogen-bond acceptors (Lipinski definition) is 2. The van der Waals surface area contributed by atoms with E-state index in [2.05, 4.69) is 10.6 Å². The van der Waals surface area contributed by atoms with Gasteiger partial charge in [-0.25, -0.2) is 4.39 Å². The molecule has 0 bridgehead atoms. The maximum atomic E-state index is 12.8. The summed E-state index contributed by atoms with van der Waals surface area (Å²) < 4.78 is 12.8. The fraction of sp³-hybridized carbons (Fsp3) is 0.273. The highest BCUT2D eigenvalue weighted by Crippen LogP contribution is 2.21. The average Bonchev–Trinajstić information content (AvgIpc) is 2.32. The predicted molar refractivity (Wildman–Crippen MR) is 65.8 cm³/mol. The van der Waals surface area contributed by atoms with Crippen molar-refractivity contribution >= 4 is 29.1 Å². The van der Waals surface area contributed by atoms with Crippen molar-refractivity contribution in [1.29, 1.82) is 0 Å². The molecule has 0 radical (unpaired) electrons. The quantitative estimate of drug-likeness (QED) is 0.691. The Morgan fingerprint density at radius 3 is 2.61 bits per heavy atom. The number of carbonyl (C=O) groups is 2. The van der Waals surface area contributed by atoms with E-state index in [-0.39, 0.29) is 29.9 Å². The lowest BCUT2D eigenvalue weighted by Gasteiger charge is -2.06. The zero-order chi connectivity index (χ0) is 13.5. The Balaban J connectivity index is 2.42. The first-order valence-electron chi connectivity index (χ1n) is 5.30. The van der Waals surface area contributed by atoms with Gasteiger partial charge in [-0.2, -0.15) is 0 Å². The number of anilines is 1. The van der Waals surface area contributed by atoms with Crippen LogP contribution >= 0.6 is 11.6 Å². The molecule has 0 unspecified atom stereocenters. The molecule has 0 fully saturated rings. The van der Waals surface area contributed by atoms with Gasteiger partial charge in [-0.15, -0.1) is 0 Å². The predicted octanol–water partition coefficient (Wildman–Crippen LogP) is -0.273. The van der Waals surface area contributed by atoms with Crippen LogP contribution in [0.2, 0.25) is 5.02 Å². The van der Waals surface area contributed by atoms with Crippen LogP contribution in [0.1, 0.15) is 0 Å². The summed E-state index contributed by atoms with van der Waals surface area (Å²) in [5.41, 5.74) is 0.344. The van der Waals surface area contributed by atoms with Gasteiger partial charge in [-0.3, -0.25) is 9.59 Å². The molecule has 0 saturated heterocycles. The first-order valence-corrected chi connectivity index (χ1v) is 5.68. The summed E-state index contributed by atoms with van der Waals surface area (Å²) in [7, 11) is 1.52. The number of quaternary nitrogens is 1. The summed E-state index contributed by atoms with van der Waals surface area (Å²) in [5.74, 6) is -0.945. The second kappa shape index (κ2) is 6.93. The van der Waals surface area contributed by atoms with Gasteiger partial charge in [-0.05, 0) is 18.2 Å². The molecule has 18 heavy (non-hydrogen) atoms. The highest BCUT2D eigenvalue weighted by Gasteiger charge is 2.09. The van der Waals surface area contributed by atoms with Crippen molar-refractivity contribution < 1.29 is 19.3 Å². The van der Waals surface area contributed by atoms with E-state index in [0.29, 0.717) is 5.69 Å². The van der Waals surface area contributed by atoms with Gasteiger partial charge in [0.1, 0.15) is 5.82 Å².